The zero-order valence-electron chi connectivity index (χ0n) is 14.1. The lowest BCUT2D eigenvalue weighted by Crippen LogP contribution is -2.44. The minimum absolute atomic E-state index is 0.217. The van der Waals surface area contributed by atoms with E-state index in [4.69, 9.17) is 9.47 Å². The number of piperidine rings is 1. The molecule has 5 heteroatoms. The van der Waals surface area contributed by atoms with Crippen LogP contribution < -0.4 is 4.74 Å². The molecule has 0 aliphatic carbocycles. The number of carbonyl (C=O) groups excluding carboxylic acids is 1. The van der Waals surface area contributed by atoms with Crippen LogP contribution in [0, 0.1) is 5.92 Å². The van der Waals surface area contributed by atoms with Crippen LogP contribution in [0.4, 0.5) is 4.79 Å². The van der Waals surface area contributed by atoms with E-state index in [1.54, 1.807) is 7.11 Å². The second-order valence-corrected chi connectivity index (χ2v) is 6.93. The molecule has 1 aliphatic rings. The maximum Gasteiger partial charge on any atom is 0.410 e. The topological polar surface area (TPSA) is 51.7 Å². The molecule has 1 saturated heterocycles. The Kier molecular flexibility index (Phi) is 4.94. The predicted molar refractivity (Wildman–Crippen MR) is 85.1 cm³/mol. The van der Waals surface area contributed by atoms with Crippen molar-refractivity contribution in [3.05, 3.63) is 23.9 Å². The van der Waals surface area contributed by atoms with Crippen molar-refractivity contribution in [3.8, 4) is 5.88 Å². The molecule has 2 atom stereocenters. The highest BCUT2D eigenvalue weighted by Crippen LogP contribution is 2.33. The van der Waals surface area contributed by atoms with E-state index in [2.05, 4.69) is 18.0 Å². The maximum atomic E-state index is 12.2. The largest absolute Gasteiger partial charge is 0.481 e. The lowest BCUT2D eigenvalue weighted by atomic mass is 9.82. The van der Waals surface area contributed by atoms with E-state index in [-0.39, 0.29) is 6.09 Å². The molecule has 0 N–H and O–H groups in total. The fourth-order valence-corrected chi connectivity index (χ4v) is 2.86. The fraction of sp³-hybridized carbons (Fsp3) is 0.647. The molecule has 2 rings (SSSR count). The quantitative estimate of drug-likeness (QED) is 0.839. The van der Waals surface area contributed by atoms with Gasteiger partial charge >= 0.3 is 6.09 Å². The first-order valence-corrected chi connectivity index (χ1v) is 7.78. The van der Waals surface area contributed by atoms with Crippen molar-refractivity contribution < 1.29 is 14.3 Å². The molecule has 0 radical (unpaired) electrons. The normalized spacial score (nSPS) is 22.3. The van der Waals surface area contributed by atoms with Crippen LogP contribution in [0.15, 0.2) is 18.3 Å². The van der Waals surface area contributed by atoms with Gasteiger partial charge in [0.1, 0.15) is 5.60 Å². The summed E-state index contributed by atoms with van der Waals surface area (Å²) in [4.78, 5) is 18.3. The highest BCUT2D eigenvalue weighted by molar-refractivity contribution is 5.68. The number of amides is 1. The lowest BCUT2D eigenvalue weighted by Gasteiger charge is -2.37. The zero-order chi connectivity index (χ0) is 16.3. The van der Waals surface area contributed by atoms with E-state index >= 15 is 0 Å². The average Bonchev–Trinajstić information content (AvgIpc) is 2.45. The van der Waals surface area contributed by atoms with E-state index in [1.807, 2.05) is 37.9 Å². The molecule has 1 fully saturated rings. The number of aromatic nitrogens is 1. The van der Waals surface area contributed by atoms with E-state index in [0.717, 1.165) is 13.0 Å². The molecule has 5 nitrogen and oxygen atoms in total. The van der Waals surface area contributed by atoms with Gasteiger partial charge in [0.05, 0.1) is 7.11 Å². The summed E-state index contributed by atoms with van der Waals surface area (Å²) in [6.07, 6.45) is 2.59. The Morgan fingerprint density at radius 3 is 2.59 bits per heavy atom. The summed E-state index contributed by atoms with van der Waals surface area (Å²) in [5.41, 5.74) is 0.758. The third kappa shape index (κ3) is 4.12. The Morgan fingerprint density at radius 2 is 2.09 bits per heavy atom. The molecule has 2 heterocycles. The number of hydrogen-bond acceptors (Lipinski definition) is 4. The minimum atomic E-state index is -0.447. The first-order chi connectivity index (χ1) is 10.3. The minimum Gasteiger partial charge on any atom is -0.481 e. The Hall–Kier alpha value is -1.78. The Morgan fingerprint density at radius 1 is 1.36 bits per heavy atom. The summed E-state index contributed by atoms with van der Waals surface area (Å²) < 4.78 is 10.6. The number of methoxy groups -OCH3 is 1. The van der Waals surface area contributed by atoms with Crippen LogP contribution in [0.3, 0.4) is 0 Å². The van der Waals surface area contributed by atoms with Gasteiger partial charge in [0.15, 0.2) is 0 Å². The van der Waals surface area contributed by atoms with Crippen molar-refractivity contribution in [1.82, 2.24) is 9.88 Å². The molecule has 0 unspecified atom stereocenters. The first-order valence-electron chi connectivity index (χ1n) is 7.78. The van der Waals surface area contributed by atoms with Crippen LogP contribution >= 0.6 is 0 Å². The van der Waals surface area contributed by atoms with Gasteiger partial charge in [0, 0.05) is 25.4 Å². The highest BCUT2D eigenvalue weighted by Gasteiger charge is 2.32. The Bertz CT molecular complexity index is 508. The smallest absolute Gasteiger partial charge is 0.410 e. The number of likely N-dealkylation sites (tertiary alicyclic amines) is 1. The van der Waals surface area contributed by atoms with Crippen LogP contribution in [0.5, 0.6) is 5.88 Å². The van der Waals surface area contributed by atoms with Gasteiger partial charge in [-0.1, -0.05) is 13.0 Å². The van der Waals surface area contributed by atoms with Crippen molar-refractivity contribution in [2.75, 3.05) is 20.2 Å². The van der Waals surface area contributed by atoms with E-state index in [0.29, 0.717) is 24.3 Å². The van der Waals surface area contributed by atoms with Gasteiger partial charge in [0.2, 0.25) is 5.88 Å². The average molecular weight is 306 g/mol. The molecule has 22 heavy (non-hydrogen) atoms. The number of pyridine rings is 1. The SMILES string of the molecule is COc1ccc([C@H]2CCN(C(=O)OC(C)(C)C)C[C@@H]2C)cn1. The molecule has 1 aliphatic heterocycles. The van der Waals surface area contributed by atoms with Gasteiger partial charge in [-0.25, -0.2) is 9.78 Å². The van der Waals surface area contributed by atoms with Gasteiger partial charge in [0.25, 0.3) is 0 Å². The molecule has 1 aromatic rings. The molecule has 0 aromatic carbocycles. The molecule has 0 spiro atoms. The van der Waals surface area contributed by atoms with Crippen molar-refractivity contribution in [1.29, 1.82) is 0 Å². The molecular weight excluding hydrogens is 280 g/mol. The van der Waals surface area contributed by atoms with Gasteiger partial charge in [-0.15, -0.1) is 0 Å². The number of rotatable bonds is 2. The van der Waals surface area contributed by atoms with Gasteiger partial charge in [-0.05, 0) is 44.6 Å². The fourth-order valence-electron chi connectivity index (χ4n) is 2.86. The first kappa shape index (κ1) is 16.6. The van der Waals surface area contributed by atoms with Crippen molar-refractivity contribution in [3.63, 3.8) is 0 Å². The lowest BCUT2D eigenvalue weighted by molar-refractivity contribution is 0.0155. The van der Waals surface area contributed by atoms with E-state index in [1.165, 1.54) is 5.56 Å². The van der Waals surface area contributed by atoms with Crippen molar-refractivity contribution in [2.24, 2.45) is 5.92 Å². The Labute approximate surface area is 132 Å². The van der Waals surface area contributed by atoms with Crippen LogP contribution in [0.1, 0.15) is 45.6 Å². The van der Waals surface area contributed by atoms with E-state index in [9.17, 15) is 4.79 Å². The third-order valence-corrected chi connectivity index (χ3v) is 3.95. The monoisotopic (exact) mass is 306 g/mol. The predicted octanol–water partition coefficient (Wildman–Crippen LogP) is 3.45. The standard InChI is InChI=1S/C17H26N2O3/c1-12-11-19(16(20)22-17(2,3)4)9-8-14(12)13-6-7-15(21-5)18-10-13/h6-7,10,12,14H,8-9,11H2,1-5H3/t12-,14-/m0/s1. The number of hydrogen-bond donors (Lipinski definition) is 0. The summed E-state index contributed by atoms with van der Waals surface area (Å²) in [7, 11) is 1.62. The molecule has 0 saturated carbocycles. The van der Waals surface area contributed by atoms with Crippen molar-refractivity contribution >= 4 is 6.09 Å². The summed E-state index contributed by atoms with van der Waals surface area (Å²) in [6.45, 7) is 9.28. The summed E-state index contributed by atoms with van der Waals surface area (Å²) in [5.74, 6) is 1.41. The Balaban J connectivity index is 1.98. The number of ether oxygens (including phenoxy) is 2. The molecule has 122 valence electrons. The summed E-state index contributed by atoms with van der Waals surface area (Å²) in [6, 6.07) is 3.96. The second kappa shape index (κ2) is 6.55. The van der Waals surface area contributed by atoms with Crippen LogP contribution in [0.2, 0.25) is 0 Å². The van der Waals surface area contributed by atoms with Gasteiger partial charge in [-0.3, -0.25) is 0 Å². The zero-order valence-corrected chi connectivity index (χ0v) is 14.1. The number of carbonyl (C=O) groups is 1. The highest BCUT2D eigenvalue weighted by atomic mass is 16.6. The molecular formula is C17H26N2O3. The molecule has 1 amide bonds. The number of nitrogens with zero attached hydrogens (tertiary/aromatic N) is 2. The summed E-state index contributed by atoms with van der Waals surface area (Å²) in [5, 5.41) is 0. The maximum absolute atomic E-state index is 12.2. The van der Waals surface area contributed by atoms with Gasteiger partial charge in [-0.2, -0.15) is 0 Å². The molecule has 0 bridgehead atoms. The van der Waals surface area contributed by atoms with Gasteiger partial charge < -0.3 is 14.4 Å². The van der Waals surface area contributed by atoms with Crippen molar-refractivity contribution in [2.45, 2.75) is 45.6 Å². The molecule has 1 aromatic heterocycles. The van der Waals surface area contributed by atoms with E-state index < -0.39 is 5.60 Å². The van der Waals surface area contributed by atoms with Crippen LogP contribution in [-0.2, 0) is 4.74 Å². The third-order valence-electron chi connectivity index (χ3n) is 3.95. The van der Waals surface area contributed by atoms with Crippen LogP contribution in [-0.4, -0.2) is 41.8 Å². The second-order valence-electron chi connectivity index (χ2n) is 6.93. The van der Waals surface area contributed by atoms with Crippen LogP contribution in [0.25, 0.3) is 0 Å². The summed E-state index contributed by atoms with van der Waals surface area (Å²) >= 11 is 0.